The van der Waals surface area contributed by atoms with Gasteiger partial charge in [0.15, 0.2) is 17.2 Å². The third kappa shape index (κ3) is 4.50. The van der Waals surface area contributed by atoms with Crippen molar-refractivity contribution in [1.29, 1.82) is 0 Å². The Kier molecular flexibility index (Phi) is 6.06. The van der Waals surface area contributed by atoms with Crippen LogP contribution in [0.3, 0.4) is 0 Å². The molecule has 0 aliphatic carbocycles. The molecule has 3 aromatic rings. The lowest BCUT2D eigenvalue weighted by molar-refractivity contribution is -0.129. The number of aryl methyl sites for hydroxylation is 1. The van der Waals surface area contributed by atoms with E-state index in [4.69, 9.17) is 4.42 Å². The molecule has 0 spiro atoms. The molecule has 29 heavy (non-hydrogen) atoms. The maximum Gasteiger partial charge on any atom is 0.419 e. The van der Waals surface area contributed by atoms with Gasteiger partial charge in [-0.2, -0.15) is 0 Å². The van der Waals surface area contributed by atoms with Crippen molar-refractivity contribution in [1.82, 2.24) is 15.2 Å². The molecule has 0 saturated heterocycles. The predicted octanol–water partition coefficient (Wildman–Crippen LogP) is 2.26. The second-order valence-corrected chi connectivity index (χ2v) is 6.38. The summed E-state index contributed by atoms with van der Waals surface area (Å²) in [6.45, 7) is 0.249. The van der Waals surface area contributed by atoms with E-state index in [1.807, 2.05) is 0 Å². The molecule has 1 unspecified atom stereocenters. The van der Waals surface area contributed by atoms with Crippen LogP contribution < -0.4 is 16.4 Å². The number of likely N-dealkylation sites (N-methyl/N-ethyl adjacent to an activating group) is 1. The number of carbonyl (C=O) groups excluding carboxylic acids is 2. The number of fused-ring (bicyclic) bond motifs is 1. The molecule has 2 aromatic carbocycles. The summed E-state index contributed by atoms with van der Waals surface area (Å²) >= 11 is 0. The minimum Gasteiger partial charge on any atom is -0.408 e. The smallest absolute Gasteiger partial charge is 0.408 e. The van der Waals surface area contributed by atoms with Gasteiger partial charge >= 0.3 is 5.76 Å². The van der Waals surface area contributed by atoms with Crippen molar-refractivity contribution in [2.24, 2.45) is 0 Å². The topological polar surface area (TPSA) is 93.3 Å². The van der Waals surface area contributed by atoms with E-state index in [1.54, 1.807) is 24.3 Å². The molecule has 3 rings (SSSR count). The Labute approximate surface area is 164 Å². The van der Waals surface area contributed by atoms with Crippen LogP contribution in [0.5, 0.6) is 0 Å². The molecular formula is C20H19F2N3O4. The van der Waals surface area contributed by atoms with Gasteiger partial charge in [-0.15, -0.1) is 0 Å². The van der Waals surface area contributed by atoms with Crippen molar-refractivity contribution in [3.05, 3.63) is 70.2 Å². The average Bonchev–Trinajstić information content (AvgIpc) is 3.03. The lowest BCUT2D eigenvalue weighted by Gasteiger charge is -2.18. The maximum atomic E-state index is 13.5. The maximum absolute atomic E-state index is 13.5. The number of amides is 2. The summed E-state index contributed by atoms with van der Waals surface area (Å²) in [5.74, 6) is -3.72. The molecule has 0 bridgehead atoms. The van der Waals surface area contributed by atoms with Gasteiger partial charge in [0, 0.05) is 20.0 Å². The van der Waals surface area contributed by atoms with E-state index in [2.05, 4.69) is 10.6 Å². The zero-order chi connectivity index (χ0) is 21.0. The van der Waals surface area contributed by atoms with Crippen molar-refractivity contribution in [3.63, 3.8) is 0 Å². The highest BCUT2D eigenvalue weighted by Crippen LogP contribution is 2.17. The molecule has 2 amide bonds. The van der Waals surface area contributed by atoms with Crippen LogP contribution in [0, 0.1) is 11.6 Å². The molecule has 1 heterocycles. The molecular weight excluding hydrogens is 384 g/mol. The first kappa shape index (κ1) is 20.2. The molecule has 1 atom stereocenters. The summed E-state index contributed by atoms with van der Waals surface area (Å²) in [6.07, 6.45) is 0.330. The van der Waals surface area contributed by atoms with Crippen LogP contribution in [-0.4, -0.2) is 23.4 Å². The number of carbonyl (C=O) groups is 2. The summed E-state index contributed by atoms with van der Waals surface area (Å²) in [6, 6.07) is 8.77. The number of nitrogens with zero attached hydrogens (tertiary/aromatic N) is 1. The molecule has 1 aromatic heterocycles. The molecule has 2 N–H and O–H groups in total. The third-order valence-corrected chi connectivity index (χ3v) is 4.45. The molecule has 0 fully saturated rings. The van der Waals surface area contributed by atoms with Crippen LogP contribution in [0.25, 0.3) is 11.1 Å². The van der Waals surface area contributed by atoms with Crippen LogP contribution >= 0.6 is 0 Å². The summed E-state index contributed by atoms with van der Waals surface area (Å²) in [4.78, 5) is 36.3. The van der Waals surface area contributed by atoms with Gasteiger partial charge in [0.2, 0.25) is 11.8 Å². The van der Waals surface area contributed by atoms with Gasteiger partial charge in [-0.1, -0.05) is 18.2 Å². The van der Waals surface area contributed by atoms with Gasteiger partial charge in [0.1, 0.15) is 6.04 Å². The second-order valence-electron chi connectivity index (χ2n) is 6.38. The van der Waals surface area contributed by atoms with E-state index in [9.17, 15) is 23.2 Å². The lowest BCUT2D eigenvalue weighted by Crippen LogP contribution is -2.39. The zero-order valence-corrected chi connectivity index (χ0v) is 15.6. The van der Waals surface area contributed by atoms with Crippen LogP contribution in [0.1, 0.15) is 24.4 Å². The first-order valence-corrected chi connectivity index (χ1v) is 8.95. The fourth-order valence-corrected chi connectivity index (χ4v) is 2.99. The Hall–Kier alpha value is -3.49. The van der Waals surface area contributed by atoms with Crippen molar-refractivity contribution in [2.45, 2.75) is 25.4 Å². The van der Waals surface area contributed by atoms with E-state index in [1.165, 1.54) is 17.7 Å². The Morgan fingerprint density at radius 1 is 1.14 bits per heavy atom. The molecule has 0 radical (unpaired) electrons. The average molecular weight is 403 g/mol. The number of hydrogen-bond donors (Lipinski definition) is 2. The fourth-order valence-electron chi connectivity index (χ4n) is 2.99. The summed E-state index contributed by atoms with van der Waals surface area (Å²) < 4.78 is 33.2. The number of rotatable bonds is 7. The number of benzene rings is 2. The highest BCUT2D eigenvalue weighted by molar-refractivity contribution is 5.88. The Morgan fingerprint density at radius 3 is 2.62 bits per heavy atom. The van der Waals surface area contributed by atoms with Gasteiger partial charge in [-0.25, -0.2) is 13.6 Å². The number of hydrogen-bond acceptors (Lipinski definition) is 4. The van der Waals surface area contributed by atoms with Crippen molar-refractivity contribution in [2.75, 3.05) is 7.05 Å². The molecule has 0 saturated carbocycles. The molecule has 152 valence electrons. The third-order valence-electron chi connectivity index (χ3n) is 4.45. The number of aromatic nitrogens is 1. The summed E-state index contributed by atoms with van der Waals surface area (Å²) in [5.41, 5.74) is 1.21. The first-order chi connectivity index (χ1) is 13.9. The van der Waals surface area contributed by atoms with Gasteiger partial charge < -0.3 is 15.1 Å². The molecule has 0 aliphatic rings. The van der Waals surface area contributed by atoms with Crippen LogP contribution in [0.4, 0.5) is 8.78 Å². The van der Waals surface area contributed by atoms with E-state index in [0.29, 0.717) is 17.5 Å². The lowest BCUT2D eigenvalue weighted by atomic mass is 10.1. The van der Waals surface area contributed by atoms with Crippen molar-refractivity contribution in [3.8, 4) is 0 Å². The van der Waals surface area contributed by atoms with Crippen LogP contribution in [0.15, 0.2) is 51.7 Å². The highest BCUT2D eigenvalue weighted by atomic mass is 19.2. The quantitative estimate of drug-likeness (QED) is 0.633. The normalized spacial score (nSPS) is 12.0. The summed E-state index contributed by atoms with van der Waals surface area (Å²) in [7, 11) is 1.37. The van der Waals surface area contributed by atoms with Crippen LogP contribution in [0.2, 0.25) is 0 Å². The Morgan fingerprint density at radius 2 is 1.90 bits per heavy atom. The molecule has 9 heteroatoms. The second kappa shape index (κ2) is 8.68. The number of para-hydroxylation sites is 2. The van der Waals surface area contributed by atoms with Gasteiger partial charge in [0.05, 0.1) is 5.52 Å². The number of oxazole rings is 1. The predicted molar refractivity (Wildman–Crippen MR) is 101 cm³/mol. The fraction of sp³-hybridized carbons (Fsp3) is 0.250. The van der Waals surface area contributed by atoms with Gasteiger partial charge in [-0.3, -0.25) is 14.2 Å². The van der Waals surface area contributed by atoms with E-state index in [0.717, 1.165) is 12.1 Å². The number of nitrogens with one attached hydrogen (secondary N) is 2. The minimum absolute atomic E-state index is 0.0170. The Balaban J connectivity index is 1.65. The van der Waals surface area contributed by atoms with E-state index in [-0.39, 0.29) is 18.5 Å². The standard InChI is InChI=1S/C20H19F2N3O4/c1-23-19(27)18(12-8-9-13(21)14(22)11-12)24-17(26)7-4-10-25-15-5-2-3-6-16(15)29-20(25)28/h2-3,5-6,8-9,11,18H,4,7,10H2,1H3,(H,23,27)(H,24,26). The van der Waals surface area contributed by atoms with Gasteiger partial charge in [-0.05, 0) is 36.2 Å². The van der Waals surface area contributed by atoms with Crippen molar-refractivity contribution < 1.29 is 22.8 Å². The SMILES string of the molecule is CNC(=O)C(NC(=O)CCCn1c(=O)oc2ccccc21)c1ccc(F)c(F)c1. The summed E-state index contributed by atoms with van der Waals surface area (Å²) in [5, 5.41) is 4.89. The van der Waals surface area contributed by atoms with Gasteiger partial charge in [0.25, 0.3) is 0 Å². The van der Waals surface area contributed by atoms with Crippen molar-refractivity contribution >= 4 is 22.9 Å². The van der Waals surface area contributed by atoms with E-state index < -0.39 is 35.2 Å². The zero-order valence-electron chi connectivity index (χ0n) is 15.6. The number of halogens is 2. The molecule has 0 aliphatic heterocycles. The minimum atomic E-state index is -1.17. The van der Waals surface area contributed by atoms with E-state index >= 15 is 0 Å². The Bertz CT molecular complexity index is 1110. The molecule has 7 nitrogen and oxygen atoms in total. The highest BCUT2D eigenvalue weighted by Gasteiger charge is 2.23. The monoisotopic (exact) mass is 403 g/mol. The first-order valence-electron chi connectivity index (χ1n) is 8.95. The largest absolute Gasteiger partial charge is 0.419 e. The van der Waals surface area contributed by atoms with Crippen LogP contribution in [-0.2, 0) is 16.1 Å².